The molecular formula is C9H20N2OS. The Bertz CT molecular complexity index is 129. The molecule has 0 saturated carbocycles. The van der Waals surface area contributed by atoms with Crippen LogP contribution in [0.3, 0.4) is 0 Å². The maximum Gasteiger partial charge on any atom is 0.0667 e. The number of rotatable bonds is 5. The largest absolute Gasteiger partial charge is 0.380 e. The molecule has 0 aromatic rings. The third-order valence-corrected chi connectivity index (χ3v) is 3.35. The standard InChI is InChI=1S/C9H20N2OS/c1-8(12-2)5-10-6-9-7-13-4-3-11-9/h8-11H,3-7H2,1-2H3. The zero-order valence-electron chi connectivity index (χ0n) is 8.51. The van der Waals surface area contributed by atoms with E-state index < -0.39 is 0 Å². The van der Waals surface area contributed by atoms with Gasteiger partial charge >= 0.3 is 0 Å². The van der Waals surface area contributed by atoms with Crippen LogP contribution >= 0.6 is 11.8 Å². The Hall–Kier alpha value is 0.230. The number of nitrogens with one attached hydrogen (secondary N) is 2. The highest BCUT2D eigenvalue weighted by atomic mass is 32.2. The molecule has 1 saturated heterocycles. The zero-order chi connectivity index (χ0) is 9.52. The fourth-order valence-corrected chi connectivity index (χ4v) is 2.24. The number of ether oxygens (including phenoxy) is 1. The molecule has 78 valence electrons. The molecule has 0 aliphatic carbocycles. The van der Waals surface area contributed by atoms with E-state index in [1.54, 1.807) is 7.11 Å². The third-order valence-electron chi connectivity index (χ3n) is 2.22. The Morgan fingerprint density at radius 3 is 3.15 bits per heavy atom. The molecule has 4 heteroatoms. The van der Waals surface area contributed by atoms with Gasteiger partial charge in [-0.3, -0.25) is 0 Å². The van der Waals surface area contributed by atoms with E-state index in [4.69, 9.17) is 4.74 Å². The summed E-state index contributed by atoms with van der Waals surface area (Å²) in [5, 5.41) is 6.89. The van der Waals surface area contributed by atoms with Gasteiger partial charge in [-0.2, -0.15) is 11.8 Å². The first-order valence-electron chi connectivity index (χ1n) is 4.87. The second kappa shape index (κ2) is 6.65. The molecular weight excluding hydrogens is 184 g/mol. The summed E-state index contributed by atoms with van der Waals surface area (Å²) < 4.78 is 5.15. The van der Waals surface area contributed by atoms with Crippen molar-refractivity contribution in [3.8, 4) is 0 Å². The topological polar surface area (TPSA) is 33.3 Å². The number of hydrogen-bond donors (Lipinski definition) is 2. The lowest BCUT2D eigenvalue weighted by atomic mass is 10.3. The van der Waals surface area contributed by atoms with E-state index >= 15 is 0 Å². The summed E-state index contributed by atoms with van der Waals surface area (Å²) in [6.45, 7) is 5.23. The fraction of sp³-hybridized carbons (Fsp3) is 1.00. The molecule has 0 radical (unpaired) electrons. The van der Waals surface area contributed by atoms with Crippen molar-refractivity contribution in [3.05, 3.63) is 0 Å². The van der Waals surface area contributed by atoms with Crippen molar-refractivity contribution in [1.82, 2.24) is 10.6 Å². The summed E-state index contributed by atoms with van der Waals surface area (Å²) in [6.07, 6.45) is 0.316. The summed E-state index contributed by atoms with van der Waals surface area (Å²) in [5.74, 6) is 2.49. The third kappa shape index (κ3) is 4.86. The summed E-state index contributed by atoms with van der Waals surface area (Å²) >= 11 is 2.03. The van der Waals surface area contributed by atoms with Crippen LogP contribution in [0.4, 0.5) is 0 Å². The molecule has 1 fully saturated rings. The van der Waals surface area contributed by atoms with Gasteiger partial charge in [0.1, 0.15) is 0 Å². The molecule has 0 amide bonds. The van der Waals surface area contributed by atoms with E-state index in [0.29, 0.717) is 12.1 Å². The molecule has 2 N–H and O–H groups in total. The van der Waals surface area contributed by atoms with Gasteiger partial charge in [-0.1, -0.05) is 0 Å². The SMILES string of the molecule is COC(C)CNCC1CSCCN1. The van der Waals surface area contributed by atoms with Crippen LogP contribution in [0.2, 0.25) is 0 Å². The van der Waals surface area contributed by atoms with Crippen LogP contribution in [-0.2, 0) is 4.74 Å². The van der Waals surface area contributed by atoms with Gasteiger partial charge in [0.15, 0.2) is 0 Å². The van der Waals surface area contributed by atoms with Crippen molar-refractivity contribution >= 4 is 11.8 Å². The maximum atomic E-state index is 5.15. The molecule has 3 nitrogen and oxygen atoms in total. The highest BCUT2D eigenvalue weighted by molar-refractivity contribution is 7.99. The average Bonchev–Trinajstić information content (AvgIpc) is 2.19. The van der Waals surface area contributed by atoms with E-state index in [2.05, 4.69) is 17.6 Å². The second-order valence-electron chi connectivity index (χ2n) is 3.43. The van der Waals surface area contributed by atoms with Gasteiger partial charge in [0.05, 0.1) is 6.10 Å². The molecule has 1 aliphatic rings. The summed E-state index contributed by atoms with van der Waals surface area (Å²) in [6, 6.07) is 0.641. The van der Waals surface area contributed by atoms with E-state index in [9.17, 15) is 0 Å². The maximum absolute atomic E-state index is 5.15. The summed E-state index contributed by atoms with van der Waals surface area (Å²) in [7, 11) is 1.75. The molecule has 2 atom stereocenters. The van der Waals surface area contributed by atoms with E-state index in [0.717, 1.165) is 19.6 Å². The lowest BCUT2D eigenvalue weighted by Crippen LogP contribution is -2.45. The Morgan fingerprint density at radius 2 is 2.54 bits per heavy atom. The minimum Gasteiger partial charge on any atom is -0.380 e. The van der Waals surface area contributed by atoms with Crippen molar-refractivity contribution in [2.24, 2.45) is 0 Å². The van der Waals surface area contributed by atoms with Crippen molar-refractivity contribution in [3.63, 3.8) is 0 Å². The summed E-state index contributed by atoms with van der Waals surface area (Å²) in [5.41, 5.74) is 0. The van der Waals surface area contributed by atoms with Gasteiger partial charge in [-0.25, -0.2) is 0 Å². The van der Waals surface area contributed by atoms with E-state index in [-0.39, 0.29) is 0 Å². The van der Waals surface area contributed by atoms with Crippen LogP contribution in [-0.4, -0.2) is 50.4 Å². The van der Waals surface area contributed by atoms with Crippen molar-refractivity contribution in [2.75, 3.05) is 38.2 Å². The van der Waals surface area contributed by atoms with Gasteiger partial charge in [-0.15, -0.1) is 0 Å². The molecule has 0 aromatic carbocycles. The van der Waals surface area contributed by atoms with E-state index in [1.807, 2.05) is 11.8 Å². The van der Waals surface area contributed by atoms with Crippen LogP contribution in [0, 0.1) is 0 Å². The second-order valence-corrected chi connectivity index (χ2v) is 4.58. The van der Waals surface area contributed by atoms with Crippen LogP contribution in [0.1, 0.15) is 6.92 Å². The van der Waals surface area contributed by atoms with Crippen LogP contribution in [0.5, 0.6) is 0 Å². The summed E-state index contributed by atoms with van der Waals surface area (Å²) in [4.78, 5) is 0. The molecule has 1 aliphatic heterocycles. The molecule has 1 rings (SSSR count). The van der Waals surface area contributed by atoms with Gasteiger partial charge < -0.3 is 15.4 Å². The van der Waals surface area contributed by atoms with Gasteiger partial charge in [0.25, 0.3) is 0 Å². The Kier molecular flexibility index (Phi) is 5.78. The first-order chi connectivity index (χ1) is 6.33. The zero-order valence-corrected chi connectivity index (χ0v) is 9.32. The Balaban J connectivity index is 1.98. The lowest BCUT2D eigenvalue weighted by molar-refractivity contribution is 0.117. The van der Waals surface area contributed by atoms with Crippen molar-refractivity contribution in [1.29, 1.82) is 0 Å². The highest BCUT2D eigenvalue weighted by Gasteiger charge is 2.12. The molecule has 2 unspecified atom stereocenters. The Labute approximate surface area is 85.0 Å². The lowest BCUT2D eigenvalue weighted by Gasteiger charge is -2.24. The molecule has 1 heterocycles. The van der Waals surface area contributed by atoms with Crippen LogP contribution in [0.25, 0.3) is 0 Å². The number of thioether (sulfide) groups is 1. The first-order valence-corrected chi connectivity index (χ1v) is 6.03. The van der Waals surface area contributed by atoms with Crippen LogP contribution < -0.4 is 10.6 Å². The molecule has 0 bridgehead atoms. The van der Waals surface area contributed by atoms with Gasteiger partial charge in [0.2, 0.25) is 0 Å². The van der Waals surface area contributed by atoms with Gasteiger partial charge in [0, 0.05) is 44.3 Å². The van der Waals surface area contributed by atoms with Gasteiger partial charge in [-0.05, 0) is 6.92 Å². The first kappa shape index (κ1) is 11.3. The highest BCUT2D eigenvalue weighted by Crippen LogP contribution is 2.06. The molecule has 13 heavy (non-hydrogen) atoms. The van der Waals surface area contributed by atoms with Crippen molar-refractivity contribution < 1.29 is 4.74 Å². The Morgan fingerprint density at radius 1 is 1.69 bits per heavy atom. The predicted octanol–water partition coefficient (Wildman–Crippen LogP) is 0.316. The molecule has 0 aromatic heterocycles. The fourth-order valence-electron chi connectivity index (χ4n) is 1.29. The number of methoxy groups -OCH3 is 1. The average molecular weight is 204 g/mol. The molecule has 0 spiro atoms. The van der Waals surface area contributed by atoms with E-state index in [1.165, 1.54) is 11.5 Å². The quantitative estimate of drug-likeness (QED) is 0.675. The predicted molar refractivity (Wildman–Crippen MR) is 58.5 cm³/mol. The normalized spacial score (nSPS) is 25.8. The van der Waals surface area contributed by atoms with Crippen LogP contribution in [0.15, 0.2) is 0 Å². The minimum absolute atomic E-state index is 0.316. The smallest absolute Gasteiger partial charge is 0.0667 e. The monoisotopic (exact) mass is 204 g/mol. The number of hydrogen-bond acceptors (Lipinski definition) is 4. The van der Waals surface area contributed by atoms with Crippen molar-refractivity contribution in [2.45, 2.75) is 19.1 Å². The minimum atomic E-state index is 0.316.